The number of halogens is 1. The number of aryl methyl sites for hydroxylation is 1. The number of nitrogens with zero attached hydrogens (tertiary/aromatic N) is 1. The van der Waals surface area contributed by atoms with Crippen LogP contribution in [0.4, 0.5) is 0 Å². The molecule has 0 aliphatic heterocycles. The Kier molecular flexibility index (Phi) is 8.24. The summed E-state index contributed by atoms with van der Waals surface area (Å²) in [7, 11) is 0. The maximum atomic E-state index is 13.0. The van der Waals surface area contributed by atoms with Crippen LogP contribution in [-0.2, 0) is 24.4 Å². The lowest BCUT2D eigenvalue weighted by Crippen LogP contribution is -2.31. The van der Waals surface area contributed by atoms with Gasteiger partial charge in [0.2, 0.25) is 5.91 Å². The van der Waals surface area contributed by atoms with Gasteiger partial charge in [-0.15, -0.1) is 12.4 Å². The fourth-order valence-corrected chi connectivity index (χ4v) is 4.78. The molecular formula is C30H30ClN3O2. The highest BCUT2D eigenvalue weighted by atomic mass is 35.5. The first-order chi connectivity index (χ1) is 17.2. The van der Waals surface area contributed by atoms with E-state index in [2.05, 4.69) is 52.9 Å². The van der Waals surface area contributed by atoms with E-state index in [1.807, 2.05) is 42.5 Å². The summed E-state index contributed by atoms with van der Waals surface area (Å²) in [6, 6.07) is 28.6. The minimum Gasteiger partial charge on any atom is -0.489 e. The average Bonchev–Trinajstić information content (AvgIpc) is 2.91. The van der Waals surface area contributed by atoms with E-state index in [1.54, 1.807) is 6.21 Å². The minimum absolute atomic E-state index is 0. The normalized spacial score (nSPS) is 14.7. The molecule has 4 aromatic rings. The van der Waals surface area contributed by atoms with Crippen LogP contribution in [0.25, 0.3) is 10.8 Å². The average molecular weight is 500 g/mol. The second-order valence-electron chi connectivity index (χ2n) is 9.02. The third-order valence-corrected chi connectivity index (χ3v) is 6.62. The molecule has 1 amide bonds. The highest BCUT2D eigenvalue weighted by molar-refractivity contribution is 5.90. The van der Waals surface area contributed by atoms with E-state index in [0.29, 0.717) is 13.2 Å². The summed E-state index contributed by atoms with van der Waals surface area (Å²) >= 11 is 0. The Morgan fingerprint density at radius 1 is 0.972 bits per heavy atom. The Labute approximate surface area is 217 Å². The third-order valence-electron chi connectivity index (χ3n) is 6.62. The van der Waals surface area contributed by atoms with Crippen LogP contribution in [0.3, 0.4) is 0 Å². The molecule has 0 aromatic heterocycles. The van der Waals surface area contributed by atoms with Gasteiger partial charge in [0.1, 0.15) is 12.4 Å². The van der Waals surface area contributed by atoms with Crippen LogP contribution in [-0.4, -0.2) is 12.1 Å². The topological polar surface area (TPSA) is 76.7 Å². The Balaban J connectivity index is 0.00000304. The number of fused-ring (bicyclic) bond motifs is 2. The zero-order valence-electron chi connectivity index (χ0n) is 20.0. The zero-order chi connectivity index (χ0) is 24.0. The minimum atomic E-state index is -0.141. The van der Waals surface area contributed by atoms with Crippen LogP contribution in [0, 0.1) is 0 Å². The number of amides is 1. The number of benzene rings is 4. The van der Waals surface area contributed by atoms with Crippen molar-refractivity contribution in [3.05, 3.63) is 113 Å². The van der Waals surface area contributed by atoms with Crippen molar-refractivity contribution in [1.82, 2.24) is 5.32 Å². The first kappa shape index (κ1) is 25.3. The number of hydrazone groups is 1. The Morgan fingerprint density at radius 2 is 1.78 bits per heavy atom. The smallest absolute Gasteiger partial charge is 0.227 e. The Hall–Kier alpha value is -3.83. The standard InChI is InChI=1S/C30H29N3O2.ClH/c31-33-19-22-9-11-26-16-23(10-12-25(26)15-22)20-35-27-14-13-24-7-4-8-28(29(24)17-27)30(34)32-18-21-5-2-1-3-6-21;/h1-3,5-6,9-17,19,28H,4,7-8,18,20,31H2,(H,32,34);1H. The maximum absolute atomic E-state index is 13.0. The van der Waals surface area contributed by atoms with Crippen LogP contribution < -0.4 is 15.9 Å². The predicted octanol–water partition coefficient (Wildman–Crippen LogP) is 5.87. The number of hydrogen-bond donors (Lipinski definition) is 2. The quantitative estimate of drug-likeness (QED) is 0.190. The zero-order valence-corrected chi connectivity index (χ0v) is 20.8. The van der Waals surface area contributed by atoms with Gasteiger partial charge in [-0.05, 0) is 82.1 Å². The van der Waals surface area contributed by atoms with E-state index < -0.39 is 0 Å². The van der Waals surface area contributed by atoms with Crippen molar-refractivity contribution in [2.45, 2.75) is 38.3 Å². The van der Waals surface area contributed by atoms with Crippen molar-refractivity contribution in [1.29, 1.82) is 0 Å². The van der Waals surface area contributed by atoms with E-state index in [9.17, 15) is 4.79 Å². The van der Waals surface area contributed by atoms with E-state index in [1.165, 1.54) is 5.56 Å². The first-order valence-electron chi connectivity index (χ1n) is 12.0. The molecule has 0 radical (unpaired) electrons. The van der Waals surface area contributed by atoms with Gasteiger partial charge in [-0.1, -0.05) is 60.7 Å². The first-order valence-corrected chi connectivity index (χ1v) is 12.0. The molecule has 1 aliphatic rings. The van der Waals surface area contributed by atoms with Crippen molar-refractivity contribution < 1.29 is 9.53 Å². The molecule has 0 fully saturated rings. The van der Waals surface area contributed by atoms with Crippen molar-refractivity contribution >= 4 is 35.3 Å². The summed E-state index contributed by atoms with van der Waals surface area (Å²) in [5, 5.41) is 8.98. The van der Waals surface area contributed by atoms with Gasteiger partial charge in [0.05, 0.1) is 12.1 Å². The van der Waals surface area contributed by atoms with E-state index in [4.69, 9.17) is 10.6 Å². The van der Waals surface area contributed by atoms with Crippen LogP contribution in [0.5, 0.6) is 5.75 Å². The molecule has 0 bridgehead atoms. The molecule has 36 heavy (non-hydrogen) atoms. The van der Waals surface area contributed by atoms with Crippen molar-refractivity contribution in [3.63, 3.8) is 0 Å². The molecule has 1 unspecified atom stereocenters. The predicted molar refractivity (Wildman–Crippen MR) is 148 cm³/mol. The Bertz CT molecular complexity index is 1370. The molecule has 0 saturated carbocycles. The highest BCUT2D eigenvalue weighted by Gasteiger charge is 2.26. The number of nitrogens with one attached hydrogen (secondary N) is 1. The summed E-state index contributed by atoms with van der Waals surface area (Å²) in [5.74, 6) is 6.00. The molecule has 5 nitrogen and oxygen atoms in total. The summed E-state index contributed by atoms with van der Waals surface area (Å²) < 4.78 is 6.16. The van der Waals surface area contributed by atoms with Crippen LogP contribution in [0.15, 0.2) is 90.0 Å². The Morgan fingerprint density at radius 3 is 2.61 bits per heavy atom. The number of nitrogens with two attached hydrogens (primary N) is 1. The largest absolute Gasteiger partial charge is 0.489 e. The van der Waals surface area contributed by atoms with Crippen LogP contribution >= 0.6 is 12.4 Å². The van der Waals surface area contributed by atoms with E-state index in [-0.39, 0.29) is 24.2 Å². The van der Waals surface area contributed by atoms with Gasteiger partial charge in [0.25, 0.3) is 0 Å². The van der Waals surface area contributed by atoms with Crippen molar-refractivity contribution in [2.24, 2.45) is 10.9 Å². The lowest BCUT2D eigenvalue weighted by molar-refractivity contribution is -0.123. The second-order valence-corrected chi connectivity index (χ2v) is 9.02. The molecule has 6 heteroatoms. The maximum Gasteiger partial charge on any atom is 0.227 e. The van der Waals surface area contributed by atoms with Crippen LogP contribution in [0.2, 0.25) is 0 Å². The van der Waals surface area contributed by atoms with Crippen molar-refractivity contribution in [3.8, 4) is 5.75 Å². The monoisotopic (exact) mass is 499 g/mol. The second kappa shape index (κ2) is 11.7. The van der Waals surface area contributed by atoms with E-state index >= 15 is 0 Å². The summed E-state index contributed by atoms with van der Waals surface area (Å²) in [6.07, 6.45) is 4.52. The number of hydrogen-bond acceptors (Lipinski definition) is 4. The third kappa shape index (κ3) is 5.86. The number of carbonyl (C=O) groups is 1. The number of ether oxygens (including phenoxy) is 1. The highest BCUT2D eigenvalue weighted by Crippen LogP contribution is 2.34. The molecule has 0 spiro atoms. The molecule has 4 aromatic carbocycles. The number of carbonyl (C=O) groups excluding carboxylic acids is 1. The lowest BCUT2D eigenvalue weighted by Gasteiger charge is -2.25. The van der Waals surface area contributed by atoms with Gasteiger partial charge < -0.3 is 15.9 Å². The van der Waals surface area contributed by atoms with Gasteiger partial charge in [0, 0.05) is 6.54 Å². The molecule has 184 valence electrons. The molecule has 1 atom stereocenters. The SMILES string of the molecule is Cl.NN=Cc1ccc2cc(COc3ccc4c(c3)C(C(=O)NCc3ccccc3)CCC4)ccc2c1. The molecule has 1 aliphatic carbocycles. The van der Waals surface area contributed by atoms with Gasteiger partial charge in [-0.3, -0.25) is 4.79 Å². The molecule has 0 saturated heterocycles. The fourth-order valence-electron chi connectivity index (χ4n) is 4.78. The molecular weight excluding hydrogens is 470 g/mol. The van der Waals surface area contributed by atoms with Gasteiger partial charge in [-0.2, -0.15) is 5.10 Å². The molecule has 0 heterocycles. The molecule has 3 N–H and O–H groups in total. The van der Waals surface area contributed by atoms with Gasteiger partial charge in [0.15, 0.2) is 0 Å². The fraction of sp³-hybridized carbons (Fsp3) is 0.200. The van der Waals surface area contributed by atoms with Gasteiger partial charge in [-0.25, -0.2) is 0 Å². The molecule has 5 rings (SSSR count). The summed E-state index contributed by atoms with van der Waals surface area (Å²) in [6.45, 7) is 1.01. The lowest BCUT2D eigenvalue weighted by atomic mass is 9.82. The van der Waals surface area contributed by atoms with Gasteiger partial charge >= 0.3 is 0 Å². The summed E-state index contributed by atoms with van der Waals surface area (Å²) in [5.41, 5.74) is 5.50. The summed E-state index contributed by atoms with van der Waals surface area (Å²) in [4.78, 5) is 13.0. The number of rotatable bonds is 7. The van der Waals surface area contributed by atoms with Crippen molar-refractivity contribution in [2.75, 3.05) is 0 Å². The van der Waals surface area contributed by atoms with Crippen LogP contribution in [0.1, 0.15) is 46.6 Å². The van der Waals surface area contributed by atoms with E-state index in [0.717, 1.165) is 58.0 Å².